The molecule has 0 spiro atoms. The number of carbonyl (C=O) groups is 2. The Morgan fingerprint density at radius 3 is 2.71 bits per heavy atom. The summed E-state index contributed by atoms with van der Waals surface area (Å²) in [6.45, 7) is 1.43. The molecule has 0 aliphatic carbocycles. The summed E-state index contributed by atoms with van der Waals surface area (Å²) in [5.41, 5.74) is 1.10. The van der Waals surface area contributed by atoms with Gasteiger partial charge in [0.1, 0.15) is 16.1 Å². The number of aromatic nitrogens is 2. The SMILES string of the molecule is COC1CN(S(=O)(=O)c2nc3ccc(Cl)cc3s2)CC(=O)N1Cc1nc(C)c(C(=O)N(C)C)s1. The maximum absolute atomic E-state index is 13.3. The molecule has 1 saturated heterocycles. The van der Waals surface area contributed by atoms with Crippen LogP contribution in [0.5, 0.6) is 0 Å². The molecule has 3 heterocycles. The van der Waals surface area contributed by atoms with Crippen LogP contribution in [0.2, 0.25) is 5.02 Å². The van der Waals surface area contributed by atoms with Crippen LogP contribution >= 0.6 is 34.3 Å². The monoisotopic (exact) mass is 543 g/mol. The standard InChI is InChI=1S/C20H22ClN5O5S3/c1-11-18(19(28)24(2)3)33-15(22-11)8-26-16(27)9-25(10-17(26)31-4)34(29,30)20-23-13-6-5-12(21)7-14(13)32-20/h5-7,17H,8-10H2,1-4H3. The second kappa shape index (κ2) is 9.47. The van der Waals surface area contributed by atoms with Crippen molar-refractivity contribution in [2.24, 2.45) is 0 Å². The van der Waals surface area contributed by atoms with Crippen LogP contribution in [-0.4, -0.2) is 84.8 Å². The Balaban J connectivity index is 1.56. The maximum Gasteiger partial charge on any atom is 0.271 e. The van der Waals surface area contributed by atoms with Gasteiger partial charge in [-0.15, -0.1) is 22.7 Å². The molecule has 0 radical (unpaired) electrons. The van der Waals surface area contributed by atoms with Crippen LogP contribution in [0.1, 0.15) is 20.4 Å². The molecule has 10 nitrogen and oxygen atoms in total. The average molecular weight is 544 g/mol. The Morgan fingerprint density at radius 2 is 2.03 bits per heavy atom. The van der Waals surface area contributed by atoms with Gasteiger partial charge in [0.05, 0.1) is 35.5 Å². The van der Waals surface area contributed by atoms with Crippen LogP contribution in [0.3, 0.4) is 0 Å². The fraction of sp³-hybridized carbons (Fsp3) is 0.400. The van der Waals surface area contributed by atoms with Crippen molar-refractivity contribution in [1.29, 1.82) is 0 Å². The Hall–Kier alpha value is -2.16. The molecule has 3 aromatic rings. The first kappa shape index (κ1) is 24.9. The summed E-state index contributed by atoms with van der Waals surface area (Å²) in [5.74, 6) is -0.594. The van der Waals surface area contributed by atoms with Crippen molar-refractivity contribution in [2.75, 3.05) is 34.3 Å². The van der Waals surface area contributed by atoms with E-state index in [0.717, 1.165) is 15.6 Å². The Morgan fingerprint density at radius 1 is 1.29 bits per heavy atom. The normalized spacial score (nSPS) is 17.5. The van der Waals surface area contributed by atoms with E-state index in [2.05, 4.69) is 9.97 Å². The van der Waals surface area contributed by atoms with Gasteiger partial charge in [0, 0.05) is 26.2 Å². The van der Waals surface area contributed by atoms with E-state index < -0.39 is 22.2 Å². The number of hydrogen-bond acceptors (Lipinski definition) is 9. The van der Waals surface area contributed by atoms with Crippen molar-refractivity contribution in [2.45, 2.75) is 24.0 Å². The van der Waals surface area contributed by atoms with E-state index in [1.165, 1.54) is 28.2 Å². The summed E-state index contributed by atoms with van der Waals surface area (Å²) >= 11 is 8.21. The lowest BCUT2D eigenvalue weighted by atomic mass is 10.3. The lowest BCUT2D eigenvalue weighted by Crippen LogP contribution is -2.57. The van der Waals surface area contributed by atoms with E-state index in [-0.39, 0.29) is 29.9 Å². The summed E-state index contributed by atoms with van der Waals surface area (Å²) in [4.78, 5) is 37.4. The molecule has 0 saturated carbocycles. The molecule has 1 unspecified atom stereocenters. The van der Waals surface area contributed by atoms with Gasteiger partial charge in [0.25, 0.3) is 15.9 Å². The number of thiazole rings is 2. The fourth-order valence-electron chi connectivity index (χ4n) is 3.48. The second-order valence-corrected chi connectivity index (χ2v) is 12.5. The van der Waals surface area contributed by atoms with E-state index in [4.69, 9.17) is 16.3 Å². The number of ether oxygens (including phenoxy) is 1. The van der Waals surface area contributed by atoms with Gasteiger partial charge in [-0.1, -0.05) is 11.6 Å². The minimum Gasteiger partial charge on any atom is -0.360 e. The number of methoxy groups -OCH3 is 1. The molecule has 1 aliphatic rings. The van der Waals surface area contributed by atoms with E-state index in [1.54, 1.807) is 39.2 Å². The molecule has 1 aromatic carbocycles. The third-order valence-corrected chi connectivity index (χ3v) is 9.80. The third kappa shape index (κ3) is 4.68. The predicted molar refractivity (Wildman–Crippen MR) is 130 cm³/mol. The van der Waals surface area contributed by atoms with Crippen LogP contribution < -0.4 is 0 Å². The number of sulfonamides is 1. The van der Waals surface area contributed by atoms with Crippen LogP contribution in [-0.2, 0) is 26.1 Å². The second-order valence-electron chi connectivity index (χ2n) is 7.82. The molecule has 2 aromatic heterocycles. The first-order chi connectivity index (χ1) is 16.0. The smallest absolute Gasteiger partial charge is 0.271 e. The van der Waals surface area contributed by atoms with Crippen LogP contribution in [0.15, 0.2) is 22.5 Å². The van der Waals surface area contributed by atoms with Gasteiger partial charge in [-0.25, -0.2) is 18.4 Å². The van der Waals surface area contributed by atoms with Crippen LogP contribution in [0.4, 0.5) is 0 Å². The van der Waals surface area contributed by atoms with Crippen molar-refractivity contribution < 1.29 is 22.7 Å². The maximum atomic E-state index is 13.3. The highest BCUT2D eigenvalue weighted by Gasteiger charge is 2.40. The highest BCUT2D eigenvalue weighted by Crippen LogP contribution is 2.31. The molecule has 0 N–H and O–H groups in total. The minimum atomic E-state index is -4.03. The van der Waals surface area contributed by atoms with E-state index in [1.807, 2.05) is 0 Å². The molecule has 1 aliphatic heterocycles. The zero-order valence-corrected chi connectivity index (χ0v) is 22.0. The molecular weight excluding hydrogens is 522 g/mol. The number of carbonyl (C=O) groups excluding carboxylic acids is 2. The number of piperazine rings is 1. The first-order valence-corrected chi connectivity index (χ1v) is 13.5. The first-order valence-electron chi connectivity index (χ1n) is 10.1. The van der Waals surface area contributed by atoms with Gasteiger partial charge in [-0.05, 0) is 25.1 Å². The molecule has 4 rings (SSSR count). The number of amides is 2. The molecule has 1 fully saturated rings. The minimum absolute atomic E-state index is 0.0604. The topological polar surface area (TPSA) is 113 Å². The molecule has 0 bridgehead atoms. The van der Waals surface area contributed by atoms with Crippen LogP contribution in [0, 0.1) is 6.92 Å². The van der Waals surface area contributed by atoms with Crippen molar-refractivity contribution in [3.8, 4) is 0 Å². The molecule has 2 amide bonds. The van der Waals surface area contributed by atoms with Crippen molar-refractivity contribution in [3.63, 3.8) is 0 Å². The summed E-state index contributed by atoms with van der Waals surface area (Å²) in [6, 6.07) is 4.95. The zero-order valence-electron chi connectivity index (χ0n) is 18.8. The summed E-state index contributed by atoms with van der Waals surface area (Å²) < 4.78 is 33.6. The molecule has 34 heavy (non-hydrogen) atoms. The van der Waals surface area contributed by atoms with Gasteiger partial charge >= 0.3 is 0 Å². The number of halogens is 1. The van der Waals surface area contributed by atoms with Gasteiger partial charge < -0.3 is 14.5 Å². The molecular formula is C20H22ClN5O5S3. The highest BCUT2D eigenvalue weighted by molar-refractivity contribution is 7.91. The third-order valence-electron chi connectivity index (χ3n) is 5.25. The quantitative estimate of drug-likeness (QED) is 0.469. The number of aryl methyl sites for hydroxylation is 1. The zero-order chi connectivity index (χ0) is 24.8. The van der Waals surface area contributed by atoms with Crippen molar-refractivity contribution >= 4 is 66.3 Å². The predicted octanol–water partition coefficient (Wildman–Crippen LogP) is 2.42. The number of nitrogens with zero attached hydrogens (tertiary/aromatic N) is 5. The lowest BCUT2D eigenvalue weighted by Gasteiger charge is -2.38. The van der Waals surface area contributed by atoms with E-state index in [0.29, 0.717) is 30.8 Å². The number of rotatable bonds is 6. The van der Waals surface area contributed by atoms with E-state index in [9.17, 15) is 18.0 Å². The molecule has 1 atom stereocenters. The fourth-order valence-corrected chi connectivity index (χ4v) is 7.58. The van der Waals surface area contributed by atoms with Gasteiger partial charge in [0.15, 0.2) is 0 Å². The number of hydrogen-bond donors (Lipinski definition) is 0. The van der Waals surface area contributed by atoms with Gasteiger partial charge in [-0.2, -0.15) is 4.31 Å². The average Bonchev–Trinajstić information content (AvgIpc) is 3.37. The Kier molecular flexibility index (Phi) is 6.95. The lowest BCUT2D eigenvalue weighted by molar-refractivity contribution is -0.153. The Labute approximate surface area is 209 Å². The van der Waals surface area contributed by atoms with Crippen molar-refractivity contribution in [1.82, 2.24) is 24.1 Å². The molecule has 14 heteroatoms. The largest absolute Gasteiger partial charge is 0.360 e. The molecule has 182 valence electrons. The Bertz CT molecular complexity index is 1370. The van der Waals surface area contributed by atoms with Crippen molar-refractivity contribution in [3.05, 3.63) is 38.8 Å². The highest BCUT2D eigenvalue weighted by atomic mass is 35.5. The number of fused-ring (bicyclic) bond motifs is 1. The summed E-state index contributed by atoms with van der Waals surface area (Å²) in [5, 5.41) is 1.05. The summed E-state index contributed by atoms with van der Waals surface area (Å²) in [7, 11) is 0.702. The van der Waals surface area contributed by atoms with Gasteiger partial charge in [-0.3, -0.25) is 9.59 Å². The van der Waals surface area contributed by atoms with Gasteiger partial charge in [0.2, 0.25) is 10.2 Å². The van der Waals surface area contributed by atoms with E-state index >= 15 is 0 Å². The van der Waals surface area contributed by atoms with Crippen LogP contribution in [0.25, 0.3) is 10.2 Å². The number of benzene rings is 1. The summed E-state index contributed by atoms with van der Waals surface area (Å²) in [6.07, 6.45) is -0.822.